The summed E-state index contributed by atoms with van der Waals surface area (Å²) in [5.74, 6) is 2.97. The highest BCUT2D eigenvalue weighted by Gasteiger charge is 2.09. The zero-order valence-corrected chi connectivity index (χ0v) is 18.5. The van der Waals surface area contributed by atoms with E-state index in [-0.39, 0.29) is 5.75 Å². The maximum Gasteiger partial charge on any atom is 0.162 e. The minimum Gasteiger partial charge on any atom is -0.505 e. The minimum absolute atomic E-state index is 0.140. The minimum atomic E-state index is 0.140. The van der Waals surface area contributed by atoms with Crippen molar-refractivity contribution in [2.75, 3.05) is 6.26 Å². The molecule has 2 aromatic heterocycles. The molecule has 2 heterocycles. The van der Waals surface area contributed by atoms with Crippen LogP contribution in [0.2, 0.25) is 0 Å². The number of aromatic nitrogens is 2. The molecule has 1 N–H and O–H groups in total. The Kier molecular flexibility index (Phi) is 8.11. The van der Waals surface area contributed by atoms with Crippen LogP contribution < -0.4 is 9.47 Å². The van der Waals surface area contributed by atoms with Gasteiger partial charge in [0.2, 0.25) is 0 Å². The summed E-state index contributed by atoms with van der Waals surface area (Å²) in [6, 6.07) is 20.9. The maximum absolute atomic E-state index is 9.61. The van der Waals surface area contributed by atoms with Gasteiger partial charge in [-0.25, -0.2) is 0 Å². The number of thioether (sulfide) groups is 1. The van der Waals surface area contributed by atoms with Crippen LogP contribution in [0.15, 0.2) is 101 Å². The van der Waals surface area contributed by atoms with Gasteiger partial charge >= 0.3 is 0 Å². The number of ether oxygens (including phenoxy) is 2. The molecule has 0 atom stereocenters. The Balaban J connectivity index is 0.000000172. The van der Waals surface area contributed by atoms with Gasteiger partial charge in [-0.15, -0.1) is 11.8 Å². The average Bonchev–Trinajstić information content (AvgIpc) is 2.76. The Bertz CT molecular complexity index is 1070. The molecular formula is C23H19BrN2O3S. The first-order valence-corrected chi connectivity index (χ1v) is 10.9. The summed E-state index contributed by atoms with van der Waals surface area (Å²) in [5.41, 5.74) is 0. The zero-order chi connectivity index (χ0) is 21.2. The molecule has 0 bridgehead atoms. The van der Waals surface area contributed by atoms with Crippen LogP contribution in [-0.4, -0.2) is 21.3 Å². The van der Waals surface area contributed by atoms with Gasteiger partial charge in [0.15, 0.2) is 11.5 Å². The van der Waals surface area contributed by atoms with Crippen molar-refractivity contribution in [3.63, 3.8) is 0 Å². The lowest BCUT2D eigenvalue weighted by atomic mass is 10.3. The van der Waals surface area contributed by atoms with Crippen molar-refractivity contribution in [1.82, 2.24) is 9.97 Å². The number of aromatic hydroxyl groups is 1. The van der Waals surface area contributed by atoms with Crippen molar-refractivity contribution in [2.24, 2.45) is 0 Å². The third kappa shape index (κ3) is 6.50. The summed E-state index contributed by atoms with van der Waals surface area (Å²) in [6.45, 7) is 0. The first-order valence-electron chi connectivity index (χ1n) is 8.93. The van der Waals surface area contributed by atoms with E-state index in [9.17, 15) is 5.11 Å². The SMILES string of the molecule is Brc1cncc(Oc2ccccc2)c1.CSc1c(O)cncc1Oc1ccccc1. The molecule has 0 aliphatic heterocycles. The fourth-order valence-corrected chi connectivity index (χ4v) is 3.29. The molecule has 7 heteroatoms. The molecule has 4 aromatic rings. The number of hydrogen-bond donors (Lipinski definition) is 1. The van der Waals surface area contributed by atoms with E-state index in [2.05, 4.69) is 25.9 Å². The lowest BCUT2D eigenvalue weighted by molar-refractivity contribution is 0.429. The quantitative estimate of drug-likeness (QED) is 0.310. The predicted molar refractivity (Wildman–Crippen MR) is 123 cm³/mol. The van der Waals surface area contributed by atoms with E-state index < -0.39 is 0 Å². The zero-order valence-electron chi connectivity index (χ0n) is 16.1. The summed E-state index contributed by atoms with van der Waals surface area (Å²) in [7, 11) is 0. The summed E-state index contributed by atoms with van der Waals surface area (Å²) >= 11 is 4.76. The van der Waals surface area contributed by atoms with Gasteiger partial charge in [0.25, 0.3) is 0 Å². The second-order valence-electron chi connectivity index (χ2n) is 5.86. The summed E-state index contributed by atoms with van der Waals surface area (Å²) in [4.78, 5) is 8.60. The maximum atomic E-state index is 9.61. The Labute approximate surface area is 187 Å². The highest BCUT2D eigenvalue weighted by Crippen LogP contribution is 2.36. The molecule has 0 aliphatic carbocycles. The molecule has 0 saturated carbocycles. The smallest absolute Gasteiger partial charge is 0.162 e. The summed E-state index contributed by atoms with van der Waals surface area (Å²) < 4.78 is 12.1. The molecule has 4 rings (SSSR count). The number of hydrogen-bond acceptors (Lipinski definition) is 6. The molecule has 0 fully saturated rings. The second kappa shape index (κ2) is 11.2. The highest BCUT2D eigenvalue weighted by atomic mass is 79.9. The second-order valence-corrected chi connectivity index (χ2v) is 7.59. The van der Waals surface area contributed by atoms with E-state index in [1.54, 1.807) is 18.6 Å². The van der Waals surface area contributed by atoms with E-state index in [0.29, 0.717) is 10.6 Å². The monoisotopic (exact) mass is 482 g/mol. The van der Waals surface area contributed by atoms with Crippen molar-refractivity contribution < 1.29 is 14.6 Å². The van der Waals surface area contributed by atoms with E-state index in [0.717, 1.165) is 21.7 Å². The molecule has 0 saturated heterocycles. The molecule has 0 unspecified atom stereocenters. The van der Waals surface area contributed by atoms with E-state index in [1.807, 2.05) is 73.0 Å². The highest BCUT2D eigenvalue weighted by molar-refractivity contribution is 9.10. The van der Waals surface area contributed by atoms with Crippen molar-refractivity contribution in [1.29, 1.82) is 0 Å². The van der Waals surface area contributed by atoms with Gasteiger partial charge in [-0.1, -0.05) is 36.4 Å². The van der Waals surface area contributed by atoms with Gasteiger partial charge in [-0.2, -0.15) is 0 Å². The van der Waals surface area contributed by atoms with E-state index >= 15 is 0 Å². The van der Waals surface area contributed by atoms with E-state index in [4.69, 9.17) is 9.47 Å². The molecule has 0 radical (unpaired) electrons. The van der Waals surface area contributed by atoms with Crippen molar-refractivity contribution in [3.8, 4) is 28.7 Å². The van der Waals surface area contributed by atoms with Crippen LogP contribution in [0.5, 0.6) is 28.7 Å². The van der Waals surface area contributed by atoms with Crippen LogP contribution in [0, 0.1) is 0 Å². The summed E-state index contributed by atoms with van der Waals surface area (Å²) in [5, 5.41) is 9.61. The van der Waals surface area contributed by atoms with Crippen LogP contribution in [-0.2, 0) is 0 Å². The first-order chi connectivity index (χ1) is 14.7. The van der Waals surface area contributed by atoms with Gasteiger partial charge in [0.1, 0.15) is 17.2 Å². The Morgan fingerprint density at radius 3 is 1.97 bits per heavy atom. The number of nitrogens with zero attached hydrogens (tertiary/aromatic N) is 2. The third-order valence-electron chi connectivity index (χ3n) is 3.68. The van der Waals surface area contributed by atoms with Gasteiger partial charge in [0, 0.05) is 10.7 Å². The Morgan fingerprint density at radius 1 is 0.767 bits per heavy atom. The predicted octanol–water partition coefficient (Wildman–Crippen LogP) is 6.94. The standard InChI is InChI=1S/C12H11NO2S.C11H8BrNO/c1-16-12-10(14)7-13-8-11(12)15-9-5-3-2-4-6-9;12-9-6-11(8-13-7-9)14-10-4-2-1-3-5-10/h2-8,14H,1H3;1-8H. The van der Waals surface area contributed by atoms with Gasteiger partial charge in [0.05, 0.1) is 23.5 Å². The molecular weight excluding hydrogens is 464 g/mol. The van der Waals surface area contributed by atoms with Crippen molar-refractivity contribution in [2.45, 2.75) is 4.90 Å². The molecule has 2 aromatic carbocycles. The van der Waals surface area contributed by atoms with Crippen LogP contribution >= 0.6 is 27.7 Å². The van der Waals surface area contributed by atoms with Crippen LogP contribution in [0.25, 0.3) is 0 Å². The lowest BCUT2D eigenvalue weighted by Crippen LogP contribution is -1.88. The fraction of sp³-hybridized carbons (Fsp3) is 0.0435. The third-order valence-corrected chi connectivity index (χ3v) is 4.93. The average molecular weight is 483 g/mol. The van der Waals surface area contributed by atoms with Crippen molar-refractivity contribution in [3.05, 3.63) is 96.0 Å². The number of benzene rings is 2. The number of halogens is 1. The van der Waals surface area contributed by atoms with Gasteiger partial charge in [-0.3, -0.25) is 9.97 Å². The van der Waals surface area contributed by atoms with Gasteiger partial charge in [-0.05, 0) is 52.5 Å². The molecule has 0 aliphatic rings. The summed E-state index contributed by atoms with van der Waals surface area (Å²) in [6.07, 6.45) is 8.28. The van der Waals surface area contributed by atoms with Crippen LogP contribution in [0.3, 0.4) is 0 Å². The number of rotatable bonds is 5. The molecule has 30 heavy (non-hydrogen) atoms. The number of para-hydroxylation sites is 2. The molecule has 0 spiro atoms. The normalized spacial score (nSPS) is 9.93. The van der Waals surface area contributed by atoms with E-state index in [1.165, 1.54) is 18.0 Å². The Morgan fingerprint density at radius 2 is 1.37 bits per heavy atom. The topological polar surface area (TPSA) is 64.5 Å². The largest absolute Gasteiger partial charge is 0.505 e. The van der Waals surface area contributed by atoms with Crippen LogP contribution in [0.1, 0.15) is 0 Å². The van der Waals surface area contributed by atoms with Crippen molar-refractivity contribution >= 4 is 27.7 Å². The molecule has 152 valence electrons. The van der Waals surface area contributed by atoms with Crippen LogP contribution in [0.4, 0.5) is 0 Å². The van der Waals surface area contributed by atoms with Gasteiger partial charge < -0.3 is 14.6 Å². The molecule has 0 amide bonds. The fourth-order valence-electron chi connectivity index (χ4n) is 2.39. The Hall–Kier alpha value is -3.03. The number of pyridine rings is 2. The lowest BCUT2D eigenvalue weighted by Gasteiger charge is -2.09. The molecule has 5 nitrogen and oxygen atoms in total. The first kappa shape index (κ1) is 21.7.